The first kappa shape index (κ1) is 13.6. The van der Waals surface area contributed by atoms with Gasteiger partial charge >= 0.3 is 0 Å². The predicted molar refractivity (Wildman–Crippen MR) is 75.0 cm³/mol. The number of quaternary nitrogens is 1. The van der Waals surface area contributed by atoms with Gasteiger partial charge in [-0.3, -0.25) is 0 Å². The van der Waals surface area contributed by atoms with Crippen molar-refractivity contribution in [3.63, 3.8) is 0 Å². The summed E-state index contributed by atoms with van der Waals surface area (Å²) in [4.78, 5) is 0. The van der Waals surface area contributed by atoms with E-state index in [1.807, 2.05) is 50.4 Å². The number of hydrogen-bond donors (Lipinski definition) is 2. The van der Waals surface area contributed by atoms with Crippen molar-refractivity contribution in [2.24, 2.45) is 0 Å². The zero-order valence-electron chi connectivity index (χ0n) is 11.5. The van der Waals surface area contributed by atoms with E-state index in [1.165, 1.54) is 0 Å². The topological polar surface area (TPSA) is 41.5 Å². The Morgan fingerprint density at radius 2 is 2.05 bits per heavy atom. The normalized spacial score (nSPS) is 23.7. The zero-order valence-corrected chi connectivity index (χ0v) is 11.5. The average molecular weight is 261 g/mol. The molecule has 1 aliphatic rings. The summed E-state index contributed by atoms with van der Waals surface area (Å²) in [5, 5.41) is 10.1. The van der Waals surface area contributed by atoms with Crippen LogP contribution in [0.3, 0.4) is 0 Å². The van der Waals surface area contributed by atoms with E-state index < -0.39 is 6.10 Å². The highest BCUT2D eigenvalue weighted by molar-refractivity contribution is 5.21. The molecule has 102 valence electrons. The third-order valence-corrected chi connectivity index (χ3v) is 3.31. The number of aliphatic hydroxyl groups excluding tert-OH is 1. The van der Waals surface area contributed by atoms with Crippen LogP contribution in [-0.4, -0.2) is 36.0 Å². The van der Waals surface area contributed by atoms with Gasteiger partial charge < -0.3 is 9.84 Å². The molecule has 4 nitrogen and oxygen atoms in total. The van der Waals surface area contributed by atoms with Gasteiger partial charge in [-0.25, -0.2) is 5.43 Å². The first-order chi connectivity index (χ1) is 8.99. The van der Waals surface area contributed by atoms with Gasteiger partial charge in [0, 0.05) is 13.0 Å². The maximum atomic E-state index is 10.1. The van der Waals surface area contributed by atoms with Crippen molar-refractivity contribution in [3.8, 4) is 5.75 Å². The maximum absolute atomic E-state index is 10.1. The van der Waals surface area contributed by atoms with Crippen LogP contribution in [0.5, 0.6) is 5.75 Å². The van der Waals surface area contributed by atoms with Crippen molar-refractivity contribution >= 4 is 0 Å². The summed E-state index contributed by atoms with van der Waals surface area (Å²) in [7, 11) is 2.01. The van der Waals surface area contributed by atoms with Crippen LogP contribution in [0.15, 0.2) is 54.4 Å². The van der Waals surface area contributed by atoms with E-state index in [2.05, 4.69) is 12.0 Å². The van der Waals surface area contributed by atoms with Crippen molar-refractivity contribution in [1.29, 1.82) is 0 Å². The zero-order chi connectivity index (χ0) is 13.9. The van der Waals surface area contributed by atoms with Crippen molar-refractivity contribution in [2.45, 2.75) is 13.0 Å². The summed E-state index contributed by atoms with van der Waals surface area (Å²) < 4.78 is 6.03. The lowest BCUT2D eigenvalue weighted by molar-refractivity contribution is -0.910. The standard InChI is InChI=1S/C15H21N2O2/c1-12-9-13(2)17(3,16-12)10-14(18)11-19-15-7-5-4-6-8-15/h4-9,14,16,18H,1,10-11H2,2-3H3/q+1/t14-,17?/m0/s1. The fourth-order valence-electron chi connectivity index (χ4n) is 2.21. The number of para-hydroxylation sites is 1. The number of benzene rings is 1. The van der Waals surface area contributed by atoms with Gasteiger partial charge in [0.15, 0.2) is 0 Å². The molecule has 0 bridgehead atoms. The Bertz CT molecular complexity index is 484. The van der Waals surface area contributed by atoms with Crippen molar-refractivity contribution in [2.75, 3.05) is 20.2 Å². The molecular formula is C15H21N2O2+. The number of hydrogen-bond acceptors (Lipinski definition) is 3. The SMILES string of the molecule is C=C1C=C(C)[N+](C)(C[C@H](O)COc2ccccc2)N1. The van der Waals surface area contributed by atoms with Gasteiger partial charge in [0.25, 0.3) is 0 Å². The second-order valence-electron chi connectivity index (χ2n) is 5.07. The van der Waals surface area contributed by atoms with Crippen molar-refractivity contribution in [1.82, 2.24) is 5.43 Å². The van der Waals surface area contributed by atoms with E-state index in [4.69, 9.17) is 4.74 Å². The molecule has 1 aliphatic heterocycles. The molecule has 19 heavy (non-hydrogen) atoms. The van der Waals surface area contributed by atoms with Crippen LogP contribution in [0, 0.1) is 0 Å². The van der Waals surface area contributed by atoms with Crippen LogP contribution in [-0.2, 0) is 0 Å². The summed E-state index contributed by atoms with van der Waals surface area (Å²) in [6, 6.07) is 9.51. The smallest absolute Gasteiger partial charge is 0.139 e. The first-order valence-electron chi connectivity index (χ1n) is 6.37. The van der Waals surface area contributed by atoms with E-state index in [0.29, 0.717) is 11.1 Å². The summed E-state index contributed by atoms with van der Waals surface area (Å²) in [5.74, 6) is 0.773. The highest BCUT2D eigenvalue weighted by Gasteiger charge is 2.33. The van der Waals surface area contributed by atoms with E-state index >= 15 is 0 Å². The summed E-state index contributed by atoms with van der Waals surface area (Å²) in [6.45, 7) is 6.72. The molecule has 2 atom stereocenters. The minimum absolute atomic E-state index is 0.277. The Labute approximate surface area is 114 Å². The first-order valence-corrected chi connectivity index (χ1v) is 6.37. The van der Waals surface area contributed by atoms with Crippen LogP contribution >= 0.6 is 0 Å². The van der Waals surface area contributed by atoms with E-state index in [-0.39, 0.29) is 6.61 Å². The molecule has 0 spiro atoms. The highest BCUT2D eigenvalue weighted by atomic mass is 16.5. The van der Waals surface area contributed by atoms with Crippen LogP contribution in [0.2, 0.25) is 0 Å². The monoisotopic (exact) mass is 261 g/mol. The lowest BCUT2D eigenvalue weighted by atomic mass is 10.3. The molecule has 2 N–H and O–H groups in total. The number of allylic oxidation sites excluding steroid dienone is 2. The van der Waals surface area contributed by atoms with Crippen LogP contribution in [0.4, 0.5) is 0 Å². The number of likely N-dealkylation sites (N-methyl/N-ethyl adjacent to an activating group) is 1. The number of nitrogens with zero attached hydrogens (tertiary/aromatic N) is 1. The van der Waals surface area contributed by atoms with Gasteiger partial charge in [0.05, 0.1) is 12.7 Å². The Hall–Kier alpha value is -1.78. The maximum Gasteiger partial charge on any atom is 0.139 e. The van der Waals surface area contributed by atoms with Crippen molar-refractivity contribution in [3.05, 3.63) is 54.4 Å². The molecule has 1 unspecified atom stereocenters. The van der Waals surface area contributed by atoms with Gasteiger partial charge in [0.1, 0.15) is 30.7 Å². The van der Waals surface area contributed by atoms with E-state index in [0.717, 1.165) is 17.1 Å². The molecular weight excluding hydrogens is 240 g/mol. The number of aliphatic hydroxyl groups is 1. The number of ether oxygens (including phenoxy) is 1. The molecule has 1 aromatic carbocycles. The molecule has 0 aliphatic carbocycles. The Morgan fingerprint density at radius 1 is 1.37 bits per heavy atom. The fourth-order valence-corrected chi connectivity index (χ4v) is 2.21. The largest absolute Gasteiger partial charge is 0.491 e. The van der Waals surface area contributed by atoms with Gasteiger partial charge in [-0.1, -0.05) is 24.8 Å². The van der Waals surface area contributed by atoms with Crippen LogP contribution in [0.25, 0.3) is 0 Å². The average Bonchev–Trinajstić information content (AvgIpc) is 2.61. The quantitative estimate of drug-likeness (QED) is 0.794. The second kappa shape index (κ2) is 5.47. The summed E-state index contributed by atoms with van der Waals surface area (Å²) in [6.07, 6.45) is 1.44. The Morgan fingerprint density at radius 3 is 2.63 bits per heavy atom. The molecule has 0 aromatic heterocycles. The van der Waals surface area contributed by atoms with E-state index in [1.54, 1.807) is 0 Å². The molecule has 0 saturated carbocycles. The molecule has 0 amide bonds. The van der Waals surface area contributed by atoms with Gasteiger partial charge in [-0.2, -0.15) is 4.59 Å². The molecule has 2 rings (SSSR count). The van der Waals surface area contributed by atoms with Crippen LogP contribution < -0.4 is 10.2 Å². The lowest BCUT2D eigenvalue weighted by Crippen LogP contribution is -2.53. The number of rotatable bonds is 5. The van der Waals surface area contributed by atoms with Crippen molar-refractivity contribution < 1.29 is 14.4 Å². The molecule has 0 fully saturated rings. The third kappa shape index (κ3) is 3.36. The van der Waals surface area contributed by atoms with Gasteiger partial charge in [-0.05, 0) is 12.1 Å². The van der Waals surface area contributed by atoms with Gasteiger partial charge in [-0.15, -0.1) is 0 Å². The lowest BCUT2D eigenvalue weighted by Gasteiger charge is -2.31. The molecule has 1 heterocycles. The highest BCUT2D eigenvalue weighted by Crippen LogP contribution is 2.21. The second-order valence-corrected chi connectivity index (χ2v) is 5.07. The van der Waals surface area contributed by atoms with Gasteiger partial charge in [0.2, 0.25) is 0 Å². The number of nitrogens with one attached hydrogen (secondary N) is 1. The molecule has 0 saturated heterocycles. The summed E-state index contributed by atoms with van der Waals surface area (Å²) >= 11 is 0. The van der Waals surface area contributed by atoms with E-state index in [9.17, 15) is 5.11 Å². The minimum Gasteiger partial charge on any atom is -0.491 e. The molecule has 0 radical (unpaired) electrons. The fraction of sp³-hybridized carbons (Fsp3) is 0.333. The molecule has 1 aromatic rings. The van der Waals surface area contributed by atoms with Crippen LogP contribution in [0.1, 0.15) is 6.92 Å². The third-order valence-electron chi connectivity index (χ3n) is 3.31. The molecule has 4 heteroatoms. The predicted octanol–water partition coefficient (Wildman–Crippen LogP) is 1.81. The minimum atomic E-state index is -0.549. The summed E-state index contributed by atoms with van der Waals surface area (Å²) in [5.41, 5.74) is 5.24. The Kier molecular flexibility index (Phi) is 3.93. The Balaban J connectivity index is 1.87.